The molecule has 0 amide bonds. The highest BCUT2D eigenvalue weighted by atomic mass is 16.3. The van der Waals surface area contributed by atoms with Crippen LogP contribution in [0, 0.1) is 23.7 Å². The summed E-state index contributed by atoms with van der Waals surface area (Å²) in [6, 6.07) is 0. The predicted molar refractivity (Wildman–Crippen MR) is 68.1 cm³/mol. The highest BCUT2D eigenvalue weighted by Gasteiger charge is 2.38. The molecule has 1 fully saturated rings. The van der Waals surface area contributed by atoms with Crippen molar-refractivity contribution in [3.63, 3.8) is 0 Å². The van der Waals surface area contributed by atoms with Gasteiger partial charge >= 0.3 is 0 Å². The molecule has 0 bridgehead atoms. The van der Waals surface area contributed by atoms with Gasteiger partial charge in [0.2, 0.25) is 0 Å². The molecule has 2 aliphatic carbocycles. The first-order valence-corrected chi connectivity index (χ1v) is 6.59. The van der Waals surface area contributed by atoms with Crippen LogP contribution in [-0.2, 0) is 0 Å². The molecule has 4 atom stereocenters. The first-order valence-electron chi connectivity index (χ1n) is 6.59. The second-order valence-electron chi connectivity index (χ2n) is 5.77. The molecular formula is C15H24O. The smallest absolute Gasteiger partial charge is 0.0641 e. The number of fused-ring (bicyclic) bond motifs is 1. The second kappa shape index (κ2) is 4.75. The van der Waals surface area contributed by atoms with E-state index >= 15 is 0 Å². The molecule has 0 saturated heterocycles. The lowest BCUT2D eigenvalue weighted by atomic mass is 9.61. The molecule has 1 heteroatoms. The molecule has 16 heavy (non-hydrogen) atoms. The zero-order valence-corrected chi connectivity index (χ0v) is 10.6. The Morgan fingerprint density at radius 2 is 2.19 bits per heavy atom. The summed E-state index contributed by atoms with van der Waals surface area (Å²) >= 11 is 0. The van der Waals surface area contributed by atoms with E-state index < -0.39 is 0 Å². The van der Waals surface area contributed by atoms with Crippen molar-refractivity contribution < 1.29 is 5.11 Å². The van der Waals surface area contributed by atoms with Crippen molar-refractivity contribution >= 4 is 0 Å². The van der Waals surface area contributed by atoms with E-state index in [9.17, 15) is 5.11 Å². The van der Waals surface area contributed by atoms with Crippen molar-refractivity contribution in [2.75, 3.05) is 6.61 Å². The Hall–Kier alpha value is -0.560. The zero-order chi connectivity index (χ0) is 11.7. The summed E-state index contributed by atoms with van der Waals surface area (Å²) in [6.07, 6.45) is 7.37. The number of hydrogen-bond donors (Lipinski definition) is 1. The van der Waals surface area contributed by atoms with Gasteiger partial charge in [-0.15, -0.1) is 0 Å². The summed E-state index contributed by atoms with van der Waals surface area (Å²) in [7, 11) is 0. The molecule has 0 radical (unpaired) electrons. The minimum Gasteiger partial charge on any atom is -0.392 e. The summed E-state index contributed by atoms with van der Waals surface area (Å²) in [4.78, 5) is 0. The van der Waals surface area contributed by atoms with Gasteiger partial charge in [0, 0.05) is 0 Å². The molecule has 0 aromatic rings. The number of aliphatic hydroxyl groups excluding tert-OH is 1. The molecule has 2 aliphatic rings. The topological polar surface area (TPSA) is 20.2 Å². The number of hydrogen-bond acceptors (Lipinski definition) is 1. The van der Waals surface area contributed by atoms with E-state index in [4.69, 9.17) is 0 Å². The predicted octanol–water partition coefficient (Wildman–Crippen LogP) is 3.55. The standard InChI is InChI=1S/C15H24O/c1-10(2)13-6-4-11(3)14-7-5-12(9-16)8-15(13)14/h8,11,13-16H,1,4-7,9H2,2-3H3. The lowest BCUT2D eigenvalue weighted by Crippen LogP contribution is -2.35. The summed E-state index contributed by atoms with van der Waals surface area (Å²) in [6.45, 7) is 8.96. The van der Waals surface area contributed by atoms with Crippen LogP contribution < -0.4 is 0 Å². The van der Waals surface area contributed by atoms with Gasteiger partial charge in [0.1, 0.15) is 0 Å². The van der Waals surface area contributed by atoms with Crippen LogP contribution in [0.25, 0.3) is 0 Å². The first-order chi connectivity index (χ1) is 7.63. The monoisotopic (exact) mass is 220 g/mol. The number of rotatable bonds is 2. The van der Waals surface area contributed by atoms with E-state index in [0.29, 0.717) is 11.8 Å². The van der Waals surface area contributed by atoms with Crippen molar-refractivity contribution in [2.24, 2.45) is 23.7 Å². The maximum atomic E-state index is 9.28. The highest BCUT2D eigenvalue weighted by molar-refractivity contribution is 5.17. The van der Waals surface area contributed by atoms with Gasteiger partial charge in [-0.3, -0.25) is 0 Å². The van der Waals surface area contributed by atoms with Crippen LogP contribution in [0.1, 0.15) is 39.5 Å². The van der Waals surface area contributed by atoms with Gasteiger partial charge in [-0.2, -0.15) is 0 Å². The fraction of sp³-hybridized carbons (Fsp3) is 0.733. The molecular weight excluding hydrogens is 196 g/mol. The van der Waals surface area contributed by atoms with Crippen LogP contribution in [0.4, 0.5) is 0 Å². The van der Waals surface area contributed by atoms with Gasteiger partial charge in [0.15, 0.2) is 0 Å². The third-order valence-electron chi connectivity index (χ3n) is 4.69. The third kappa shape index (κ3) is 2.10. The Balaban J connectivity index is 2.23. The van der Waals surface area contributed by atoms with Gasteiger partial charge < -0.3 is 5.11 Å². The molecule has 0 heterocycles. The van der Waals surface area contributed by atoms with Crippen LogP contribution in [0.3, 0.4) is 0 Å². The Morgan fingerprint density at radius 3 is 2.81 bits per heavy atom. The Bertz CT molecular complexity index is 303. The van der Waals surface area contributed by atoms with Crippen molar-refractivity contribution in [3.05, 3.63) is 23.8 Å². The number of aliphatic hydroxyl groups is 1. The number of allylic oxidation sites excluding steroid dienone is 2. The molecule has 2 rings (SSSR count). The van der Waals surface area contributed by atoms with Crippen molar-refractivity contribution in [3.8, 4) is 0 Å². The van der Waals surface area contributed by atoms with E-state index in [1.54, 1.807) is 0 Å². The third-order valence-corrected chi connectivity index (χ3v) is 4.69. The van der Waals surface area contributed by atoms with E-state index in [2.05, 4.69) is 26.5 Å². The summed E-state index contributed by atoms with van der Waals surface area (Å²) in [5, 5.41) is 9.28. The Labute approximate surface area is 99.3 Å². The minimum absolute atomic E-state index is 0.251. The van der Waals surface area contributed by atoms with Gasteiger partial charge in [0.05, 0.1) is 6.61 Å². The van der Waals surface area contributed by atoms with Crippen LogP contribution in [0.5, 0.6) is 0 Å². The molecule has 4 unspecified atom stereocenters. The van der Waals surface area contributed by atoms with E-state index in [0.717, 1.165) is 18.3 Å². The fourth-order valence-electron chi connectivity index (χ4n) is 3.66. The van der Waals surface area contributed by atoms with Gasteiger partial charge in [-0.05, 0) is 61.9 Å². The quantitative estimate of drug-likeness (QED) is 0.706. The molecule has 0 aromatic carbocycles. The molecule has 1 N–H and O–H groups in total. The van der Waals surface area contributed by atoms with E-state index in [-0.39, 0.29) is 6.61 Å². The van der Waals surface area contributed by atoms with Crippen molar-refractivity contribution in [2.45, 2.75) is 39.5 Å². The van der Waals surface area contributed by atoms with Crippen LogP contribution >= 0.6 is 0 Å². The van der Waals surface area contributed by atoms with Crippen LogP contribution in [0.15, 0.2) is 23.8 Å². The van der Waals surface area contributed by atoms with Crippen molar-refractivity contribution in [1.82, 2.24) is 0 Å². The lowest BCUT2D eigenvalue weighted by molar-refractivity contribution is 0.132. The molecule has 0 aliphatic heterocycles. The van der Waals surface area contributed by atoms with E-state index in [1.807, 2.05) is 0 Å². The summed E-state index contributed by atoms with van der Waals surface area (Å²) in [5.74, 6) is 2.98. The van der Waals surface area contributed by atoms with Crippen LogP contribution in [-0.4, -0.2) is 11.7 Å². The molecule has 90 valence electrons. The minimum atomic E-state index is 0.251. The normalized spacial score (nSPS) is 38.8. The highest BCUT2D eigenvalue weighted by Crippen LogP contribution is 2.47. The largest absolute Gasteiger partial charge is 0.392 e. The van der Waals surface area contributed by atoms with Gasteiger partial charge in [-0.25, -0.2) is 0 Å². The summed E-state index contributed by atoms with van der Waals surface area (Å²) < 4.78 is 0. The lowest BCUT2D eigenvalue weighted by Gasteiger charge is -2.44. The van der Waals surface area contributed by atoms with Gasteiger partial charge in [0.25, 0.3) is 0 Å². The second-order valence-corrected chi connectivity index (χ2v) is 5.77. The van der Waals surface area contributed by atoms with Crippen molar-refractivity contribution in [1.29, 1.82) is 0 Å². The maximum Gasteiger partial charge on any atom is 0.0641 e. The van der Waals surface area contributed by atoms with Crippen LogP contribution in [0.2, 0.25) is 0 Å². The first kappa shape index (κ1) is 11.9. The average Bonchev–Trinajstić information content (AvgIpc) is 2.28. The average molecular weight is 220 g/mol. The van der Waals surface area contributed by atoms with E-state index in [1.165, 1.54) is 30.4 Å². The zero-order valence-electron chi connectivity index (χ0n) is 10.6. The summed E-state index contributed by atoms with van der Waals surface area (Å²) in [5.41, 5.74) is 2.58. The molecule has 1 nitrogen and oxygen atoms in total. The fourth-order valence-corrected chi connectivity index (χ4v) is 3.66. The molecule has 1 saturated carbocycles. The Kier molecular flexibility index (Phi) is 3.53. The molecule has 0 spiro atoms. The van der Waals surface area contributed by atoms with Gasteiger partial charge in [-0.1, -0.05) is 25.2 Å². The SMILES string of the molecule is C=C(C)C1CCC(C)C2CCC(CO)=CC12. The molecule has 0 aromatic heterocycles. The Morgan fingerprint density at radius 1 is 1.44 bits per heavy atom. The maximum absolute atomic E-state index is 9.28.